The van der Waals surface area contributed by atoms with E-state index < -0.39 is 16.1 Å². The third kappa shape index (κ3) is 3.88. The molecule has 1 amide bonds. The Morgan fingerprint density at radius 1 is 1.45 bits per heavy atom. The van der Waals surface area contributed by atoms with Crippen molar-refractivity contribution in [2.75, 3.05) is 13.1 Å². The second-order valence-electron chi connectivity index (χ2n) is 6.11. The van der Waals surface area contributed by atoms with Crippen molar-refractivity contribution >= 4 is 27.3 Å². The molecule has 124 valence electrons. The first kappa shape index (κ1) is 17.4. The number of amides is 1. The van der Waals surface area contributed by atoms with Gasteiger partial charge in [-0.2, -0.15) is 4.31 Å². The fourth-order valence-corrected chi connectivity index (χ4v) is 5.63. The summed E-state index contributed by atoms with van der Waals surface area (Å²) in [5, 5.41) is 2.87. The maximum atomic E-state index is 12.7. The van der Waals surface area contributed by atoms with Gasteiger partial charge in [0.25, 0.3) is 10.0 Å². The van der Waals surface area contributed by atoms with Crippen LogP contribution in [0.2, 0.25) is 0 Å². The van der Waals surface area contributed by atoms with Crippen LogP contribution in [0.3, 0.4) is 0 Å². The van der Waals surface area contributed by atoms with Crippen LogP contribution in [-0.4, -0.2) is 37.8 Å². The Bertz CT molecular complexity index is 622. The topological polar surface area (TPSA) is 66.5 Å². The number of sulfonamides is 1. The SMILES string of the molecule is Cc1ccc(S(=O)(=O)N2CCCC2C(=O)NCCC(C)C)s1. The number of nitrogens with zero attached hydrogens (tertiary/aromatic N) is 1. The highest BCUT2D eigenvalue weighted by atomic mass is 32.2. The van der Waals surface area contributed by atoms with Crippen LogP contribution in [0.25, 0.3) is 0 Å². The number of carbonyl (C=O) groups excluding carboxylic acids is 1. The lowest BCUT2D eigenvalue weighted by molar-refractivity contribution is -0.124. The van der Waals surface area contributed by atoms with Crippen molar-refractivity contribution in [3.8, 4) is 0 Å². The minimum absolute atomic E-state index is 0.171. The van der Waals surface area contributed by atoms with E-state index in [4.69, 9.17) is 0 Å². The molecule has 0 aliphatic carbocycles. The zero-order valence-electron chi connectivity index (χ0n) is 13.3. The lowest BCUT2D eigenvalue weighted by Crippen LogP contribution is -2.46. The van der Waals surface area contributed by atoms with Crippen molar-refractivity contribution in [3.05, 3.63) is 17.0 Å². The Balaban J connectivity index is 2.08. The van der Waals surface area contributed by atoms with Crippen LogP contribution in [0.5, 0.6) is 0 Å². The van der Waals surface area contributed by atoms with E-state index in [2.05, 4.69) is 19.2 Å². The van der Waals surface area contributed by atoms with Crippen molar-refractivity contribution in [3.63, 3.8) is 0 Å². The smallest absolute Gasteiger partial charge is 0.253 e. The summed E-state index contributed by atoms with van der Waals surface area (Å²) >= 11 is 1.26. The molecule has 1 fully saturated rings. The van der Waals surface area contributed by atoms with Crippen LogP contribution < -0.4 is 5.32 Å². The molecule has 2 heterocycles. The standard InChI is InChI=1S/C15H24N2O3S2/c1-11(2)8-9-16-15(18)13-5-4-10-17(13)22(19,20)14-7-6-12(3)21-14/h6-7,11,13H,4-5,8-10H2,1-3H3,(H,16,18). The highest BCUT2D eigenvalue weighted by molar-refractivity contribution is 7.91. The molecule has 0 bridgehead atoms. The first-order valence-corrected chi connectivity index (χ1v) is 9.94. The van der Waals surface area contributed by atoms with E-state index in [1.54, 1.807) is 12.1 Å². The van der Waals surface area contributed by atoms with Gasteiger partial charge in [-0.3, -0.25) is 4.79 Å². The Kier molecular flexibility index (Phi) is 5.63. The van der Waals surface area contributed by atoms with Gasteiger partial charge < -0.3 is 5.32 Å². The molecular weight excluding hydrogens is 320 g/mol. The lowest BCUT2D eigenvalue weighted by Gasteiger charge is -2.22. The lowest BCUT2D eigenvalue weighted by atomic mass is 10.1. The van der Waals surface area contributed by atoms with E-state index >= 15 is 0 Å². The zero-order valence-corrected chi connectivity index (χ0v) is 15.0. The summed E-state index contributed by atoms with van der Waals surface area (Å²) in [6, 6.07) is 2.85. The zero-order chi connectivity index (χ0) is 16.3. The van der Waals surface area contributed by atoms with Crippen LogP contribution in [0.1, 0.15) is 38.0 Å². The number of aryl methyl sites for hydroxylation is 1. The summed E-state index contributed by atoms with van der Waals surface area (Å²) in [5.74, 6) is 0.341. The molecular formula is C15H24N2O3S2. The van der Waals surface area contributed by atoms with E-state index in [1.165, 1.54) is 15.6 Å². The Morgan fingerprint density at radius 3 is 2.77 bits per heavy atom. The van der Waals surface area contributed by atoms with E-state index in [-0.39, 0.29) is 5.91 Å². The fourth-order valence-electron chi connectivity index (χ4n) is 2.56. The summed E-state index contributed by atoms with van der Waals surface area (Å²) in [7, 11) is -3.56. The third-order valence-corrected chi connectivity index (χ3v) is 7.18. The highest BCUT2D eigenvalue weighted by Crippen LogP contribution is 2.30. The Morgan fingerprint density at radius 2 is 2.18 bits per heavy atom. The van der Waals surface area contributed by atoms with E-state index in [0.29, 0.717) is 29.6 Å². The van der Waals surface area contributed by atoms with Gasteiger partial charge in [-0.1, -0.05) is 13.8 Å². The fraction of sp³-hybridized carbons (Fsp3) is 0.667. The van der Waals surface area contributed by atoms with Crippen LogP contribution >= 0.6 is 11.3 Å². The van der Waals surface area contributed by atoms with Crippen molar-refractivity contribution < 1.29 is 13.2 Å². The minimum Gasteiger partial charge on any atom is -0.355 e. The van der Waals surface area contributed by atoms with Gasteiger partial charge >= 0.3 is 0 Å². The van der Waals surface area contributed by atoms with E-state index in [0.717, 1.165) is 17.7 Å². The van der Waals surface area contributed by atoms with Gasteiger partial charge in [-0.05, 0) is 44.2 Å². The largest absolute Gasteiger partial charge is 0.355 e. The summed E-state index contributed by atoms with van der Waals surface area (Å²) < 4.78 is 27.1. The second kappa shape index (κ2) is 7.10. The Hall–Kier alpha value is -0.920. The predicted octanol–water partition coefficient (Wildman–Crippen LogP) is 2.37. The molecule has 1 N–H and O–H groups in total. The van der Waals surface area contributed by atoms with Crippen molar-refractivity contribution in [1.29, 1.82) is 0 Å². The molecule has 1 unspecified atom stereocenters. The van der Waals surface area contributed by atoms with Crippen LogP contribution in [0.4, 0.5) is 0 Å². The molecule has 1 atom stereocenters. The average molecular weight is 345 g/mol. The second-order valence-corrected chi connectivity index (χ2v) is 9.52. The summed E-state index contributed by atoms with van der Waals surface area (Å²) in [6.07, 6.45) is 2.22. The first-order valence-electron chi connectivity index (χ1n) is 7.68. The molecule has 7 heteroatoms. The van der Waals surface area contributed by atoms with E-state index in [1.807, 2.05) is 6.92 Å². The molecule has 1 saturated heterocycles. The summed E-state index contributed by atoms with van der Waals surface area (Å²) in [5.41, 5.74) is 0. The van der Waals surface area contributed by atoms with Crippen molar-refractivity contribution in [2.24, 2.45) is 5.92 Å². The van der Waals surface area contributed by atoms with Crippen LogP contribution in [-0.2, 0) is 14.8 Å². The van der Waals surface area contributed by atoms with Gasteiger partial charge in [-0.15, -0.1) is 11.3 Å². The van der Waals surface area contributed by atoms with Gasteiger partial charge in [-0.25, -0.2) is 8.42 Å². The number of nitrogens with one attached hydrogen (secondary N) is 1. The van der Waals surface area contributed by atoms with Gasteiger partial charge in [0.05, 0.1) is 0 Å². The predicted molar refractivity (Wildman–Crippen MR) is 88.4 cm³/mol. The molecule has 2 rings (SSSR count). The quantitative estimate of drug-likeness (QED) is 0.861. The average Bonchev–Trinajstić information content (AvgIpc) is 3.06. The number of carbonyl (C=O) groups is 1. The number of hydrogen-bond donors (Lipinski definition) is 1. The minimum atomic E-state index is -3.56. The molecule has 0 spiro atoms. The maximum Gasteiger partial charge on any atom is 0.253 e. The molecule has 1 aromatic heterocycles. The van der Waals surface area contributed by atoms with E-state index in [9.17, 15) is 13.2 Å². The molecule has 22 heavy (non-hydrogen) atoms. The molecule has 0 aromatic carbocycles. The number of thiophene rings is 1. The van der Waals surface area contributed by atoms with Crippen molar-refractivity contribution in [2.45, 2.75) is 50.3 Å². The molecule has 0 radical (unpaired) electrons. The highest BCUT2D eigenvalue weighted by Gasteiger charge is 2.39. The normalized spacial score (nSPS) is 19.7. The Labute approximate surface area is 136 Å². The monoisotopic (exact) mass is 344 g/mol. The summed E-state index contributed by atoms with van der Waals surface area (Å²) in [4.78, 5) is 13.3. The number of rotatable bonds is 6. The third-order valence-electron chi connectivity index (χ3n) is 3.81. The van der Waals surface area contributed by atoms with Gasteiger partial charge in [0.1, 0.15) is 10.3 Å². The van der Waals surface area contributed by atoms with Crippen LogP contribution in [0.15, 0.2) is 16.3 Å². The summed E-state index contributed by atoms with van der Waals surface area (Å²) in [6.45, 7) is 7.08. The van der Waals surface area contributed by atoms with Crippen molar-refractivity contribution in [1.82, 2.24) is 9.62 Å². The van der Waals surface area contributed by atoms with Crippen LogP contribution in [0, 0.1) is 12.8 Å². The van der Waals surface area contributed by atoms with Gasteiger partial charge in [0.15, 0.2) is 0 Å². The van der Waals surface area contributed by atoms with Gasteiger partial charge in [0.2, 0.25) is 5.91 Å². The maximum absolute atomic E-state index is 12.7. The molecule has 1 aromatic rings. The van der Waals surface area contributed by atoms with Gasteiger partial charge in [0, 0.05) is 18.0 Å². The molecule has 1 aliphatic rings. The molecule has 5 nitrogen and oxygen atoms in total. The first-order chi connectivity index (χ1) is 10.3. The number of hydrogen-bond acceptors (Lipinski definition) is 4. The molecule has 0 saturated carbocycles. The molecule has 1 aliphatic heterocycles.